The number of aromatic nitrogens is 2. The fraction of sp³-hybridized carbons (Fsp3) is 0.464. The van der Waals surface area contributed by atoms with Crippen LogP contribution < -0.4 is 0 Å². The lowest BCUT2D eigenvalue weighted by Crippen LogP contribution is -2.53. The number of benzene rings is 2. The van der Waals surface area contributed by atoms with E-state index in [2.05, 4.69) is 34.6 Å². The molecule has 0 spiro atoms. The maximum absolute atomic E-state index is 13.0. The third-order valence-corrected chi connectivity index (χ3v) is 7.41. The lowest BCUT2D eigenvalue weighted by molar-refractivity contribution is -0.137. The Labute approximate surface area is 207 Å². The summed E-state index contributed by atoms with van der Waals surface area (Å²) >= 11 is 0. The van der Waals surface area contributed by atoms with E-state index in [9.17, 15) is 9.59 Å². The predicted molar refractivity (Wildman–Crippen MR) is 137 cm³/mol. The maximum atomic E-state index is 13.0. The molecule has 7 heteroatoms. The van der Waals surface area contributed by atoms with Crippen LogP contribution in [-0.2, 0) is 16.0 Å². The Hall–Kier alpha value is -3.19. The second-order valence-corrected chi connectivity index (χ2v) is 9.78. The van der Waals surface area contributed by atoms with E-state index in [1.54, 1.807) is 0 Å². The molecule has 2 saturated heterocycles. The zero-order valence-electron chi connectivity index (χ0n) is 20.6. The molecule has 7 nitrogen and oxygen atoms in total. The number of amides is 2. The summed E-state index contributed by atoms with van der Waals surface area (Å²) < 4.78 is 2.16. The first-order chi connectivity index (χ1) is 17.1. The lowest BCUT2D eigenvalue weighted by Gasteiger charge is -2.38. The van der Waals surface area contributed by atoms with Gasteiger partial charge in [0.2, 0.25) is 11.8 Å². The van der Waals surface area contributed by atoms with Crippen molar-refractivity contribution in [2.45, 2.75) is 45.1 Å². The summed E-state index contributed by atoms with van der Waals surface area (Å²) in [5, 5.41) is 0. The van der Waals surface area contributed by atoms with Crippen molar-refractivity contribution in [3.63, 3.8) is 0 Å². The van der Waals surface area contributed by atoms with Crippen LogP contribution in [0.15, 0.2) is 54.6 Å². The summed E-state index contributed by atoms with van der Waals surface area (Å²) in [6.45, 7) is 6.36. The van der Waals surface area contributed by atoms with E-state index in [0.29, 0.717) is 38.5 Å². The third kappa shape index (κ3) is 5.25. The van der Waals surface area contributed by atoms with Crippen LogP contribution in [0.2, 0.25) is 0 Å². The summed E-state index contributed by atoms with van der Waals surface area (Å²) in [4.78, 5) is 36.8. The topological polar surface area (TPSA) is 61.7 Å². The molecule has 35 heavy (non-hydrogen) atoms. The Morgan fingerprint density at radius 3 is 2.40 bits per heavy atom. The molecule has 0 radical (unpaired) electrons. The molecule has 1 atom stereocenters. The molecule has 184 valence electrons. The van der Waals surface area contributed by atoms with Crippen molar-refractivity contribution < 1.29 is 9.59 Å². The zero-order valence-corrected chi connectivity index (χ0v) is 20.6. The zero-order chi connectivity index (χ0) is 24.2. The van der Waals surface area contributed by atoms with Crippen LogP contribution in [0.25, 0.3) is 16.7 Å². The minimum absolute atomic E-state index is 0.160. The van der Waals surface area contributed by atoms with Crippen LogP contribution in [0.4, 0.5) is 0 Å². The highest BCUT2D eigenvalue weighted by Crippen LogP contribution is 2.23. The monoisotopic (exact) mass is 473 g/mol. The largest absolute Gasteiger partial charge is 0.340 e. The summed E-state index contributed by atoms with van der Waals surface area (Å²) in [5.41, 5.74) is 3.06. The molecule has 2 aliphatic rings. The average Bonchev–Trinajstić information content (AvgIpc) is 3.27. The molecule has 3 heterocycles. The van der Waals surface area contributed by atoms with Crippen LogP contribution in [0.3, 0.4) is 0 Å². The first kappa shape index (κ1) is 23.5. The molecule has 3 aromatic rings. The van der Waals surface area contributed by atoms with Crippen molar-refractivity contribution >= 4 is 22.8 Å². The van der Waals surface area contributed by atoms with Crippen LogP contribution >= 0.6 is 0 Å². The Kier molecular flexibility index (Phi) is 7.13. The normalized spacial score (nSPS) is 19.3. The highest BCUT2D eigenvalue weighted by atomic mass is 16.2. The highest BCUT2D eigenvalue weighted by molar-refractivity contribution is 5.80. The Morgan fingerprint density at radius 1 is 0.886 bits per heavy atom. The fourth-order valence-electron chi connectivity index (χ4n) is 5.39. The van der Waals surface area contributed by atoms with E-state index >= 15 is 0 Å². The minimum Gasteiger partial charge on any atom is -0.340 e. The molecule has 1 aromatic heterocycles. The van der Waals surface area contributed by atoms with Gasteiger partial charge in [0.05, 0.1) is 17.6 Å². The van der Waals surface area contributed by atoms with Gasteiger partial charge in [0.1, 0.15) is 5.82 Å². The molecule has 2 fully saturated rings. The number of likely N-dealkylation sites (tertiary alicyclic amines) is 1. The van der Waals surface area contributed by atoms with Crippen molar-refractivity contribution in [2.24, 2.45) is 0 Å². The molecule has 0 bridgehead atoms. The standard InChI is InChI=1S/C28H35N5O2/c1-22-9-7-8-16-32(22)28(35)21-30-17-19-31(20-18-30)27(34)15-14-26-29-24-12-5-6-13-25(24)33(26)23-10-3-2-4-11-23/h2-6,10-13,22H,7-9,14-21H2,1H3. The van der Waals surface area contributed by atoms with E-state index in [-0.39, 0.29) is 11.8 Å². The number of hydrogen-bond donors (Lipinski definition) is 0. The van der Waals surface area contributed by atoms with Crippen molar-refractivity contribution in [1.29, 1.82) is 0 Å². The molecule has 0 saturated carbocycles. The van der Waals surface area contributed by atoms with E-state index in [0.717, 1.165) is 55.0 Å². The van der Waals surface area contributed by atoms with Gasteiger partial charge in [-0.25, -0.2) is 4.98 Å². The lowest BCUT2D eigenvalue weighted by atomic mass is 10.0. The van der Waals surface area contributed by atoms with Gasteiger partial charge in [-0.3, -0.25) is 19.1 Å². The number of piperazine rings is 1. The average molecular weight is 474 g/mol. The van der Waals surface area contributed by atoms with Gasteiger partial charge >= 0.3 is 0 Å². The van der Waals surface area contributed by atoms with Crippen molar-refractivity contribution in [3.05, 3.63) is 60.4 Å². The molecule has 1 unspecified atom stereocenters. The van der Waals surface area contributed by atoms with Gasteiger partial charge in [-0.2, -0.15) is 0 Å². The van der Waals surface area contributed by atoms with E-state index in [4.69, 9.17) is 4.98 Å². The number of aryl methyl sites for hydroxylation is 1. The molecule has 2 aliphatic heterocycles. The molecule has 0 aliphatic carbocycles. The molecule has 2 aromatic carbocycles. The number of imidazole rings is 1. The predicted octanol–water partition coefficient (Wildman–Crippen LogP) is 3.50. The second-order valence-electron chi connectivity index (χ2n) is 9.78. The minimum atomic E-state index is 0.160. The summed E-state index contributed by atoms with van der Waals surface area (Å²) in [7, 11) is 0. The van der Waals surface area contributed by atoms with Gasteiger partial charge in [0, 0.05) is 57.3 Å². The van der Waals surface area contributed by atoms with Crippen molar-refractivity contribution in [2.75, 3.05) is 39.3 Å². The van der Waals surface area contributed by atoms with Crippen LogP contribution in [-0.4, -0.2) is 81.4 Å². The number of carbonyl (C=O) groups excluding carboxylic acids is 2. The Balaban J connectivity index is 1.17. The van der Waals surface area contributed by atoms with E-state index in [1.165, 1.54) is 6.42 Å². The van der Waals surface area contributed by atoms with Crippen molar-refractivity contribution in [1.82, 2.24) is 24.3 Å². The van der Waals surface area contributed by atoms with E-state index in [1.807, 2.05) is 46.2 Å². The van der Waals surface area contributed by atoms with Crippen molar-refractivity contribution in [3.8, 4) is 5.69 Å². The first-order valence-corrected chi connectivity index (χ1v) is 12.9. The number of piperidine rings is 1. The van der Waals surface area contributed by atoms with Crippen LogP contribution in [0.1, 0.15) is 38.4 Å². The quantitative estimate of drug-likeness (QED) is 0.550. The van der Waals surface area contributed by atoms with Gasteiger partial charge < -0.3 is 9.80 Å². The summed E-state index contributed by atoms with van der Waals surface area (Å²) in [6.07, 6.45) is 4.45. The molecular weight excluding hydrogens is 438 g/mol. The van der Waals surface area contributed by atoms with Gasteiger partial charge in [-0.1, -0.05) is 30.3 Å². The SMILES string of the molecule is CC1CCCCN1C(=O)CN1CCN(C(=O)CCc2nc3ccccc3n2-c2ccccc2)CC1. The van der Waals surface area contributed by atoms with Gasteiger partial charge in [-0.05, 0) is 50.5 Å². The maximum Gasteiger partial charge on any atom is 0.236 e. The molecule has 5 rings (SSSR count). The second kappa shape index (κ2) is 10.6. The van der Waals surface area contributed by atoms with Crippen LogP contribution in [0.5, 0.6) is 0 Å². The molecule has 0 N–H and O–H groups in total. The summed E-state index contributed by atoms with van der Waals surface area (Å²) in [6, 6.07) is 18.7. The highest BCUT2D eigenvalue weighted by Gasteiger charge is 2.27. The summed E-state index contributed by atoms with van der Waals surface area (Å²) in [5.74, 6) is 1.30. The Bertz CT molecular complexity index is 1170. The van der Waals surface area contributed by atoms with Crippen LogP contribution in [0, 0.1) is 0 Å². The number of fused-ring (bicyclic) bond motifs is 1. The number of para-hydroxylation sites is 3. The number of carbonyl (C=O) groups is 2. The van der Waals surface area contributed by atoms with Gasteiger partial charge in [0.15, 0.2) is 0 Å². The third-order valence-electron chi connectivity index (χ3n) is 7.41. The molecule has 2 amide bonds. The van der Waals surface area contributed by atoms with Gasteiger partial charge in [0.25, 0.3) is 0 Å². The number of hydrogen-bond acceptors (Lipinski definition) is 4. The number of nitrogens with zero attached hydrogens (tertiary/aromatic N) is 5. The number of rotatable bonds is 6. The van der Waals surface area contributed by atoms with Gasteiger partial charge in [-0.15, -0.1) is 0 Å². The smallest absolute Gasteiger partial charge is 0.236 e. The first-order valence-electron chi connectivity index (χ1n) is 12.9. The fourth-order valence-corrected chi connectivity index (χ4v) is 5.39. The molecular formula is C28H35N5O2. The Morgan fingerprint density at radius 2 is 1.63 bits per heavy atom. The van der Waals surface area contributed by atoms with E-state index < -0.39 is 0 Å².